The van der Waals surface area contributed by atoms with E-state index in [1.54, 1.807) is 0 Å². The fourth-order valence-electron chi connectivity index (χ4n) is 2.67. The summed E-state index contributed by atoms with van der Waals surface area (Å²) in [6.07, 6.45) is 1.25. The van der Waals surface area contributed by atoms with Crippen molar-refractivity contribution in [2.45, 2.75) is 38.5 Å². The van der Waals surface area contributed by atoms with Crippen molar-refractivity contribution in [2.75, 3.05) is 6.61 Å². The van der Waals surface area contributed by atoms with Crippen LogP contribution in [0.5, 0.6) is 0 Å². The highest BCUT2D eigenvalue weighted by Gasteiger charge is 2.20. The Kier molecular flexibility index (Phi) is 5.80. The molecule has 2 heterocycles. The zero-order valence-corrected chi connectivity index (χ0v) is 18.1. The molecule has 0 fully saturated rings. The Morgan fingerprint density at radius 3 is 2.76 bits per heavy atom. The summed E-state index contributed by atoms with van der Waals surface area (Å²) in [6, 6.07) is 9.25. The number of ether oxygens (including phenoxy) is 1. The van der Waals surface area contributed by atoms with E-state index in [-0.39, 0.29) is 0 Å². The number of nitrogens with zero attached hydrogens (tertiary/aromatic N) is 2. The number of halogens is 1. The standard InChI is InChI=1S/C18H23BrN2O2SSi/c1-25(2,3)9-8-23-12-21-10-14(13-6-4-5-7-15(13)21)17(22)18-20-16(19)11-24-18/h4-7,10-11,17,22H,8-9,12H2,1-3H3. The third-order valence-corrected chi connectivity index (χ3v) is 7.38. The second-order valence-electron chi connectivity index (χ2n) is 7.33. The zero-order chi connectivity index (χ0) is 18.0. The lowest BCUT2D eigenvalue weighted by Crippen LogP contribution is -2.21. The number of hydrogen-bond acceptors (Lipinski definition) is 4. The van der Waals surface area contributed by atoms with Crippen LogP contribution in [-0.2, 0) is 11.5 Å². The lowest BCUT2D eigenvalue weighted by Gasteiger charge is -2.15. The molecular weight excluding hydrogens is 416 g/mol. The molecule has 0 amide bonds. The number of hydrogen-bond donors (Lipinski definition) is 1. The number of benzene rings is 1. The van der Waals surface area contributed by atoms with Gasteiger partial charge in [0.1, 0.15) is 22.4 Å². The normalized spacial score (nSPS) is 13.5. The molecular formula is C18H23BrN2O2SSi. The van der Waals surface area contributed by atoms with E-state index in [0.29, 0.717) is 11.7 Å². The summed E-state index contributed by atoms with van der Waals surface area (Å²) < 4.78 is 8.73. The van der Waals surface area contributed by atoms with Crippen molar-refractivity contribution in [1.82, 2.24) is 9.55 Å². The molecule has 1 aromatic carbocycles. The summed E-state index contributed by atoms with van der Waals surface area (Å²) in [5, 5.41) is 14.4. The van der Waals surface area contributed by atoms with Crippen molar-refractivity contribution >= 4 is 46.2 Å². The van der Waals surface area contributed by atoms with Crippen LogP contribution in [0.2, 0.25) is 25.7 Å². The number of aliphatic hydroxyl groups excluding tert-OH is 1. The molecule has 0 saturated heterocycles. The SMILES string of the molecule is C[Si](C)(C)CCOCn1cc(C(O)c2nc(Br)cs2)c2ccccc21. The van der Waals surface area contributed by atoms with E-state index in [1.807, 2.05) is 29.8 Å². The van der Waals surface area contributed by atoms with Crippen LogP contribution in [0.4, 0.5) is 0 Å². The van der Waals surface area contributed by atoms with Gasteiger partial charge in [0.25, 0.3) is 0 Å². The molecule has 1 N–H and O–H groups in total. The first-order chi connectivity index (χ1) is 11.8. The molecule has 0 aliphatic carbocycles. The minimum atomic E-state index is -1.09. The van der Waals surface area contributed by atoms with Crippen LogP contribution >= 0.6 is 27.3 Å². The molecule has 2 aromatic heterocycles. The van der Waals surface area contributed by atoms with E-state index < -0.39 is 14.2 Å². The first kappa shape index (κ1) is 18.8. The topological polar surface area (TPSA) is 47.3 Å². The molecule has 0 saturated carbocycles. The number of fused-ring (bicyclic) bond motifs is 1. The maximum absolute atomic E-state index is 10.8. The Labute approximate surface area is 161 Å². The Balaban J connectivity index is 1.83. The van der Waals surface area contributed by atoms with Crippen LogP contribution in [0.1, 0.15) is 16.7 Å². The van der Waals surface area contributed by atoms with Crippen LogP contribution in [0.3, 0.4) is 0 Å². The van der Waals surface area contributed by atoms with Crippen LogP contribution in [0.15, 0.2) is 40.4 Å². The summed E-state index contributed by atoms with van der Waals surface area (Å²) in [5.74, 6) is 0. The molecule has 0 radical (unpaired) electrons. The summed E-state index contributed by atoms with van der Waals surface area (Å²) in [5.41, 5.74) is 1.94. The monoisotopic (exact) mass is 438 g/mol. The predicted octanol–water partition coefficient (Wildman–Crippen LogP) is 5.25. The van der Waals surface area contributed by atoms with Crippen molar-refractivity contribution in [1.29, 1.82) is 0 Å². The van der Waals surface area contributed by atoms with Gasteiger partial charge in [-0.2, -0.15) is 0 Å². The molecule has 25 heavy (non-hydrogen) atoms. The average molecular weight is 439 g/mol. The van der Waals surface area contributed by atoms with Gasteiger partial charge in [-0.3, -0.25) is 0 Å². The fraction of sp³-hybridized carbons (Fsp3) is 0.389. The molecule has 134 valence electrons. The zero-order valence-electron chi connectivity index (χ0n) is 14.7. The largest absolute Gasteiger partial charge is 0.381 e. The van der Waals surface area contributed by atoms with Gasteiger partial charge >= 0.3 is 0 Å². The van der Waals surface area contributed by atoms with E-state index in [1.165, 1.54) is 11.3 Å². The maximum atomic E-state index is 10.8. The summed E-state index contributed by atoms with van der Waals surface area (Å²) >= 11 is 4.80. The molecule has 1 atom stereocenters. The van der Waals surface area contributed by atoms with Gasteiger partial charge < -0.3 is 14.4 Å². The van der Waals surface area contributed by atoms with Crippen LogP contribution in [0.25, 0.3) is 10.9 Å². The van der Waals surface area contributed by atoms with Gasteiger partial charge in [-0.05, 0) is 28.0 Å². The highest BCUT2D eigenvalue weighted by molar-refractivity contribution is 9.10. The van der Waals surface area contributed by atoms with Gasteiger partial charge in [0.05, 0.1) is 5.52 Å². The second kappa shape index (κ2) is 7.71. The summed E-state index contributed by atoms with van der Waals surface area (Å²) in [7, 11) is -1.09. The minimum absolute atomic E-state index is 0.499. The van der Waals surface area contributed by atoms with Gasteiger partial charge in [0, 0.05) is 37.2 Å². The molecule has 0 aliphatic heterocycles. The molecule has 0 aliphatic rings. The number of para-hydroxylation sites is 1. The lowest BCUT2D eigenvalue weighted by molar-refractivity contribution is 0.0899. The minimum Gasteiger partial charge on any atom is -0.381 e. The predicted molar refractivity (Wildman–Crippen MR) is 110 cm³/mol. The molecule has 4 nitrogen and oxygen atoms in total. The number of aromatic nitrogens is 2. The smallest absolute Gasteiger partial charge is 0.133 e. The number of rotatable bonds is 7. The van der Waals surface area contributed by atoms with Crippen molar-refractivity contribution in [2.24, 2.45) is 0 Å². The summed E-state index contributed by atoms with van der Waals surface area (Å²) in [6.45, 7) is 8.32. The highest BCUT2D eigenvalue weighted by atomic mass is 79.9. The maximum Gasteiger partial charge on any atom is 0.133 e. The van der Waals surface area contributed by atoms with Gasteiger partial charge in [0.15, 0.2) is 0 Å². The first-order valence-electron chi connectivity index (χ1n) is 8.30. The number of thiazole rings is 1. The van der Waals surface area contributed by atoms with Crippen molar-refractivity contribution in [3.05, 3.63) is 51.0 Å². The van der Waals surface area contributed by atoms with Gasteiger partial charge in [-0.1, -0.05) is 37.8 Å². The van der Waals surface area contributed by atoms with Crippen molar-refractivity contribution < 1.29 is 9.84 Å². The van der Waals surface area contributed by atoms with E-state index in [9.17, 15) is 5.11 Å². The third kappa shape index (κ3) is 4.59. The summed E-state index contributed by atoms with van der Waals surface area (Å²) in [4.78, 5) is 4.35. The van der Waals surface area contributed by atoms with Crippen LogP contribution in [0, 0.1) is 0 Å². The molecule has 7 heteroatoms. The van der Waals surface area contributed by atoms with Crippen LogP contribution in [-0.4, -0.2) is 29.3 Å². The van der Waals surface area contributed by atoms with Gasteiger partial charge in [-0.25, -0.2) is 4.98 Å². The van der Waals surface area contributed by atoms with Crippen molar-refractivity contribution in [3.63, 3.8) is 0 Å². The Morgan fingerprint density at radius 1 is 1.32 bits per heavy atom. The van der Waals surface area contributed by atoms with Gasteiger partial charge in [0.2, 0.25) is 0 Å². The van der Waals surface area contributed by atoms with E-state index in [0.717, 1.165) is 33.7 Å². The third-order valence-electron chi connectivity index (χ3n) is 4.07. The number of aliphatic hydroxyl groups is 1. The van der Waals surface area contributed by atoms with Crippen LogP contribution < -0.4 is 0 Å². The molecule has 3 rings (SSSR count). The lowest BCUT2D eigenvalue weighted by atomic mass is 10.1. The Hall–Kier alpha value is -0.993. The average Bonchev–Trinajstić information content (AvgIpc) is 3.14. The van der Waals surface area contributed by atoms with Gasteiger partial charge in [-0.15, -0.1) is 11.3 Å². The van der Waals surface area contributed by atoms with E-state index >= 15 is 0 Å². The van der Waals surface area contributed by atoms with E-state index in [4.69, 9.17) is 4.74 Å². The molecule has 3 aromatic rings. The first-order valence-corrected chi connectivity index (χ1v) is 13.7. The van der Waals surface area contributed by atoms with E-state index in [2.05, 4.69) is 51.2 Å². The molecule has 0 bridgehead atoms. The molecule has 0 spiro atoms. The molecule has 1 unspecified atom stereocenters. The fourth-order valence-corrected chi connectivity index (χ4v) is 4.69. The Bertz CT molecular complexity index is 856. The van der Waals surface area contributed by atoms with Crippen molar-refractivity contribution in [3.8, 4) is 0 Å². The second-order valence-corrected chi connectivity index (χ2v) is 14.7. The Morgan fingerprint density at radius 2 is 2.08 bits per heavy atom. The highest BCUT2D eigenvalue weighted by Crippen LogP contribution is 2.32. The quantitative estimate of drug-likeness (QED) is 0.404.